The zero-order chi connectivity index (χ0) is 20.0. The summed E-state index contributed by atoms with van der Waals surface area (Å²) in [6.45, 7) is 3.73. The lowest BCUT2D eigenvalue weighted by molar-refractivity contribution is -0.137. The van der Waals surface area contributed by atoms with Gasteiger partial charge in [-0.1, -0.05) is 31.7 Å². The van der Waals surface area contributed by atoms with Gasteiger partial charge in [-0.25, -0.2) is 8.42 Å². The molecule has 0 unspecified atom stereocenters. The summed E-state index contributed by atoms with van der Waals surface area (Å²) in [4.78, 5) is 17.7. The summed E-state index contributed by atoms with van der Waals surface area (Å²) >= 11 is 1.15. The highest BCUT2D eigenvalue weighted by Gasteiger charge is 2.49. The largest absolute Gasteiger partial charge is 0.416 e. The molecule has 2 heterocycles. The van der Waals surface area contributed by atoms with E-state index in [9.17, 15) is 26.4 Å². The maximum absolute atomic E-state index is 13.1. The number of hydrogen-bond acceptors (Lipinski definition) is 4. The van der Waals surface area contributed by atoms with Gasteiger partial charge in [-0.3, -0.25) is 4.79 Å². The Labute approximate surface area is 159 Å². The summed E-state index contributed by atoms with van der Waals surface area (Å²) in [5.41, 5.74) is -0.639. The van der Waals surface area contributed by atoms with Crippen LogP contribution in [0.3, 0.4) is 0 Å². The number of hydrogen-bond donors (Lipinski definition) is 0. The summed E-state index contributed by atoms with van der Waals surface area (Å²) in [6.07, 6.45) is -4.30. The first-order chi connectivity index (χ1) is 12.5. The number of fused-ring (bicyclic) bond motifs is 1. The van der Waals surface area contributed by atoms with E-state index in [1.165, 1.54) is 17.0 Å². The summed E-state index contributed by atoms with van der Waals surface area (Å²) in [5, 5.41) is -0.0833. The van der Waals surface area contributed by atoms with Crippen molar-refractivity contribution >= 4 is 38.4 Å². The number of nitrogens with zero attached hydrogens (tertiary/aromatic N) is 2. The van der Waals surface area contributed by atoms with Gasteiger partial charge in [-0.2, -0.15) is 18.2 Å². The van der Waals surface area contributed by atoms with Crippen LogP contribution in [0.1, 0.15) is 25.8 Å². The third-order valence-corrected chi connectivity index (χ3v) is 7.53. The number of thioether (sulfide) groups is 1. The van der Waals surface area contributed by atoms with Crippen molar-refractivity contribution in [1.29, 1.82) is 0 Å². The van der Waals surface area contributed by atoms with Crippen molar-refractivity contribution in [3.05, 3.63) is 29.8 Å². The molecular weight excluding hydrogens is 401 g/mol. The van der Waals surface area contributed by atoms with E-state index >= 15 is 0 Å². The van der Waals surface area contributed by atoms with Gasteiger partial charge in [0.1, 0.15) is 0 Å². The molecule has 2 aliphatic rings. The molecule has 0 aromatic heterocycles. The maximum atomic E-state index is 13.1. The van der Waals surface area contributed by atoms with Gasteiger partial charge in [0.05, 0.1) is 23.1 Å². The number of rotatable bonds is 3. The Bertz CT molecular complexity index is 882. The second-order valence-corrected chi connectivity index (χ2v) is 10.5. The molecule has 1 aromatic rings. The number of sulfone groups is 1. The van der Waals surface area contributed by atoms with E-state index < -0.39 is 27.6 Å². The summed E-state index contributed by atoms with van der Waals surface area (Å²) in [7, 11) is -3.28. The monoisotopic (exact) mass is 420 g/mol. The number of amides is 1. The molecule has 0 aliphatic carbocycles. The number of amidine groups is 1. The van der Waals surface area contributed by atoms with Crippen LogP contribution in [0.4, 0.5) is 18.9 Å². The average Bonchev–Trinajstić information content (AvgIpc) is 2.96. The van der Waals surface area contributed by atoms with Crippen molar-refractivity contribution in [2.24, 2.45) is 10.9 Å². The highest BCUT2D eigenvalue weighted by molar-refractivity contribution is 8.16. The standard InChI is InChI=1S/C17H19F3N2O3S2/c1-10(2)6-15(23)21-16-22(13-8-27(24,25)9-14(13)26-16)12-5-3-4-11(7-12)17(18,19)20/h3-5,7,10,13-14H,6,8-9H2,1-2H3/t13-,14+/m0/s1. The van der Waals surface area contributed by atoms with Gasteiger partial charge in [0, 0.05) is 17.4 Å². The predicted octanol–water partition coefficient (Wildman–Crippen LogP) is 3.35. The number of halogens is 3. The van der Waals surface area contributed by atoms with E-state index in [2.05, 4.69) is 4.99 Å². The van der Waals surface area contributed by atoms with E-state index in [1.807, 2.05) is 13.8 Å². The SMILES string of the molecule is CC(C)CC(=O)N=C1S[C@@H]2CS(=O)(=O)C[C@@H]2N1c1cccc(C(F)(F)F)c1. The Kier molecular flexibility index (Phi) is 5.33. The van der Waals surface area contributed by atoms with Crippen molar-refractivity contribution in [3.8, 4) is 0 Å². The van der Waals surface area contributed by atoms with Gasteiger partial charge in [0.15, 0.2) is 15.0 Å². The smallest absolute Gasteiger partial charge is 0.316 e. The maximum Gasteiger partial charge on any atom is 0.416 e. The summed E-state index contributed by atoms with van der Waals surface area (Å²) in [6, 6.07) is 4.14. The topological polar surface area (TPSA) is 66.8 Å². The lowest BCUT2D eigenvalue weighted by atomic mass is 10.1. The molecule has 2 fully saturated rings. The molecule has 0 saturated carbocycles. The number of anilines is 1. The minimum absolute atomic E-state index is 0.0742. The van der Waals surface area contributed by atoms with Gasteiger partial charge >= 0.3 is 6.18 Å². The highest BCUT2D eigenvalue weighted by Crippen LogP contribution is 2.42. The Morgan fingerprint density at radius 2 is 2.04 bits per heavy atom. The fraction of sp³-hybridized carbons (Fsp3) is 0.529. The number of aliphatic imine (C=N–C) groups is 1. The molecular formula is C17H19F3N2O3S2. The van der Waals surface area contributed by atoms with Crippen LogP contribution in [0.5, 0.6) is 0 Å². The Hall–Kier alpha value is -1.55. The molecule has 1 aromatic carbocycles. The van der Waals surface area contributed by atoms with E-state index in [1.54, 1.807) is 0 Å². The third kappa shape index (κ3) is 4.48. The third-order valence-electron chi connectivity index (χ3n) is 4.32. The van der Waals surface area contributed by atoms with Crippen LogP contribution in [0.25, 0.3) is 0 Å². The number of benzene rings is 1. The summed E-state index contributed by atoms with van der Waals surface area (Å²) in [5.74, 6) is -0.518. The lowest BCUT2D eigenvalue weighted by Gasteiger charge is -2.25. The molecule has 148 valence electrons. The first-order valence-corrected chi connectivity index (χ1v) is 11.1. The van der Waals surface area contributed by atoms with Gasteiger partial charge in [-0.15, -0.1) is 0 Å². The Balaban J connectivity index is 2.01. The van der Waals surface area contributed by atoms with Crippen LogP contribution in [0.2, 0.25) is 0 Å². The highest BCUT2D eigenvalue weighted by atomic mass is 32.2. The van der Waals surface area contributed by atoms with Crippen LogP contribution in [-0.2, 0) is 20.8 Å². The predicted molar refractivity (Wildman–Crippen MR) is 99.6 cm³/mol. The molecule has 27 heavy (non-hydrogen) atoms. The molecule has 0 spiro atoms. The number of carbonyl (C=O) groups excluding carboxylic acids is 1. The Morgan fingerprint density at radius 3 is 2.67 bits per heavy atom. The zero-order valence-corrected chi connectivity index (χ0v) is 16.4. The molecule has 2 atom stereocenters. The normalized spacial score (nSPS) is 26.0. The molecule has 2 aliphatic heterocycles. The molecule has 0 radical (unpaired) electrons. The van der Waals surface area contributed by atoms with Gasteiger partial charge in [0.25, 0.3) is 0 Å². The molecule has 2 saturated heterocycles. The second-order valence-electron chi connectivity index (χ2n) is 7.10. The van der Waals surface area contributed by atoms with Crippen molar-refractivity contribution in [2.45, 2.75) is 37.7 Å². The fourth-order valence-corrected chi connectivity index (χ4v) is 7.13. The van der Waals surface area contributed by atoms with Gasteiger partial charge in [0.2, 0.25) is 5.91 Å². The van der Waals surface area contributed by atoms with Crippen LogP contribution in [0, 0.1) is 5.92 Å². The molecule has 3 rings (SSSR count). The van der Waals surface area contributed by atoms with Crippen molar-refractivity contribution in [1.82, 2.24) is 0 Å². The van der Waals surface area contributed by atoms with Gasteiger partial charge < -0.3 is 4.90 Å². The molecule has 5 nitrogen and oxygen atoms in total. The van der Waals surface area contributed by atoms with E-state index in [-0.39, 0.29) is 45.9 Å². The van der Waals surface area contributed by atoms with Crippen LogP contribution in [0.15, 0.2) is 29.3 Å². The molecule has 0 N–H and O–H groups in total. The molecule has 1 amide bonds. The van der Waals surface area contributed by atoms with Crippen LogP contribution >= 0.6 is 11.8 Å². The van der Waals surface area contributed by atoms with Crippen molar-refractivity contribution in [3.63, 3.8) is 0 Å². The van der Waals surface area contributed by atoms with E-state index in [0.717, 1.165) is 23.9 Å². The van der Waals surface area contributed by atoms with Crippen LogP contribution < -0.4 is 4.90 Å². The number of alkyl halides is 3. The molecule has 0 bridgehead atoms. The Morgan fingerprint density at radius 1 is 1.33 bits per heavy atom. The fourth-order valence-electron chi connectivity index (χ4n) is 3.20. The minimum atomic E-state index is -4.52. The van der Waals surface area contributed by atoms with E-state index in [4.69, 9.17) is 0 Å². The first-order valence-electron chi connectivity index (χ1n) is 8.41. The zero-order valence-electron chi connectivity index (χ0n) is 14.7. The first kappa shape index (κ1) is 20.2. The van der Waals surface area contributed by atoms with Crippen molar-refractivity contribution in [2.75, 3.05) is 16.4 Å². The molecule has 10 heteroatoms. The van der Waals surface area contributed by atoms with E-state index in [0.29, 0.717) is 0 Å². The van der Waals surface area contributed by atoms with Crippen LogP contribution in [-0.4, -0.2) is 42.3 Å². The van der Waals surface area contributed by atoms with Gasteiger partial charge in [-0.05, 0) is 24.1 Å². The summed E-state index contributed by atoms with van der Waals surface area (Å²) < 4.78 is 63.3. The average molecular weight is 420 g/mol. The lowest BCUT2D eigenvalue weighted by Crippen LogP contribution is -2.37. The number of carbonyl (C=O) groups is 1. The minimum Gasteiger partial charge on any atom is -0.316 e. The quantitative estimate of drug-likeness (QED) is 0.750. The second kappa shape index (κ2) is 7.12. The van der Waals surface area contributed by atoms with Crippen molar-refractivity contribution < 1.29 is 26.4 Å².